The van der Waals surface area contributed by atoms with Crippen molar-refractivity contribution in [2.24, 2.45) is 0 Å². The molecule has 0 saturated carbocycles. The number of furan rings is 1. The zero-order valence-electron chi connectivity index (χ0n) is 9.52. The Hall–Kier alpha value is -1.78. The SMILES string of the molecule is O=C(O)CNCc1ccc(-c2ccc(Cl)cc2)o1. The highest BCUT2D eigenvalue weighted by molar-refractivity contribution is 6.30. The van der Waals surface area contributed by atoms with E-state index in [0.29, 0.717) is 17.3 Å². The van der Waals surface area contributed by atoms with Gasteiger partial charge in [-0.1, -0.05) is 11.6 Å². The third kappa shape index (κ3) is 3.35. The van der Waals surface area contributed by atoms with Gasteiger partial charge in [0, 0.05) is 10.6 Å². The fourth-order valence-electron chi connectivity index (χ4n) is 1.53. The molecule has 2 rings (SSSR count). The second-order valence-corrected chi connectivity index (χ2v) is 4.21. The smallest absolute Gasteiger partial charge is 0.317 e. The van der Waals surface area contributed by atoms with Crippen molar-refractivity contribution in [3.8, 4) is 11.3 Å². The second-order valence-electron chi connectivity index (χ2n) is 3.77. The Kier molecular flexibility index (Phi) is 4.02. The molecule has 0 aliphatic rings. The molecule has 5 heteroatoms. The van der Waals surface area contributed by atoms with Crippen molar-refractivity contribution >= 4 is 17.6 Å². The monoisotopic (exact) mass is 265 g/mol. The summed E-state index contributed by atoms with van der Waals surface area (Å²) in [5, 5.41) is 11.9. The average Bonchev–Trinajstić information content (AvgIpc) is 2.78. The zero-order valence-corrected chi connectivity index (χ0v) is 10.3. The summed E-state index contributed by atoms with van der Waals surface area (Å²) in [4.78, 5) is 10.3. The highest BCUT2D eigenvalue weighted by Gasteiger charge is 2.05. The molecule has 0 atom stereocenters. The highest BCUT2D eigenvalue weighted by Crippen LogP contribution is 2.23. The number of carboxylic acid groups (broad SMARTS) is 1. The topological polar surface area (TPSA) is 62.5 Å². The van der Waals surface area contributed by atoms with Crippen LogP contribution in [0.15, 0.2) is 40.8 Å². The highest BCUT2D eigenvalue weighted by atomic mass is 35.5. The molecule has 4 nitrogen and oxygen atoms in total. The van der Waals surface area contributed by atoms with Crippen molar-refractivity contribution in [3.63, 3.8) is 0 Å². The number of benzene rings is 1. The maximum absolute atomic E-state index is 10.3. The molecule has 0 radical (unpaired) electrons. The molecule has 0 saturated heterocycles. The first kappa shape index (κ1) is 12.7. The summed E-state index contributed by atoms with van der Waals surface area (Å²) in [6.45, 7) is 0.302. The van der Waals surface area contributed by atoms with Crippen LogP contribution in [0.25, 0.3) is 11.3 Å². The van der Waals surface area contributed by atoms with Gasteiger partial charge in [-0.15, -0.1) is 0 Å². The Bertz CT molecular complexity index is 533. The average molecular weight is 266 g/mol. The first-order valence-electron chi connectivity index (χ1n) is 5.42. The summed E-state index contributed by atoms with van der Waals surface area (Å²) >= 11 is 5.81. The Labute approximate surface area is 109 Å². The van der Waals surface area contributed by atoms with Gasteiger partial charge in [-0.2, -0.15) is 0 Å². The van der Waals surface area contributed by atoms with Crippen LogP contribution in [-0.4, -0.2) is 17.6 Å². The summed E-state index contributed by atoms with van der Waals surface area (Å²) in [7, 11) is 0. The molecule has 2 aromatic rings. The molecule has 0 amide bonds. The molecule has 0 aliphatic heterocycles. The maximum atomic E-state index is 10.3. The van der Waals surface area contributed by atoms with Crippen molar-refractivity contribution in [2.45, 2.75) is 6.54 Å². The van der Waals surface area contributed by atoms with Crippen molar-refractivity contribution in [1.29, 1.82) is 0 Å². The lowest BCUT2D eigenvalue weighted by atomic mass is 10.2. The van der Waals surface area contributed by atoms with E-state index in [1.54, 1.807) is 12.1 Å². The minimum atomic E-state index is -0.889. The fourth-order valence-corrected chi connectivity index (χ4v) is 1.66. The largest absolute Gasteiger partial charge is 0.480 e. The molecule has 0 bridgehead atoms. The van der Waals surface area contributed by atoms with Gasteiger partial charge in [0.25, 0.3) is 0 Å². The first-order valence-corrected chi connectivity index (χ1v) is 5.80. The van der Waals surface area contributed by atoms with Crippen molar-refractivity contribution < 1.29 is 14.3 Å². The van der Waals surface area contributed by atoms with Gasteiger partial charge in [0.2, 0.25) is 0 Å². The molecule has 18 heavy (non-hydrogen) atoms. The van der Waals surface area contributed by atoms with Gasteiger partial charge in [-0.3, -0.25) is 10.1 Å². The van der Waals surface area contributed by atoms with Gasteiger partial charge in [0.15, 0.2) is 0 Å². The van der Waals surface area contributed by atoms with Crippen molar-refractivity contribution in [2.75, 3.05) is 6.54 Å². The summed E-state index contributed by atoms with van der Waals surface area (Å²) in [5.74, 6) is 0.541. The van der Waals surface area contributed by atoms with Crippen LogP contribution in [0.1, 0.15) is 5.76 Å². The van der Waals surface area contributed by atoms with Crippen LogP contribution in [0.5, 0.6) is 0 Å². The lowest BCUT2D eigenvalue weighted by molar-refractivity contribution is -0.136. The number of aliphatic carboxylic acids is 1. The molecule has 94 valence electrons. The number of hydrogen-bond acceptors (Lipinski definition) is 3. The minimum absolute atomic E-state index is 0.0863. The van der Waals surface area contributed by atoms with Crippen LogP contribution in [0.3, 0.4) is 0 Å². The Morgan fingerprint density at radius 1 is 1.22 bits per heavy atom. The van der Waals surface area contributed by atoms with E-state index in [1.807, 2.05) is 24.3 Å². The van der Waals surface area contributed by atoms with E-state index in [-0.39, 0.29) is 6.54 Å². The predicted octanol–water partition coefficient (Wildman–Crippen LogP) is 2.77. The Morgan fingerprint density at radius 2 is 1.94 bits per heavy atom. The van der Waals surface area contributed by atoms with Crippen LogP contribution in [0.2, 0.25) is 5.02 Å². The maximum Gasteiger partial charge on any atom is 0.317 e. The summed E-state index contributed by atoms with van der Waals surface area (Å²) in [5.41, 5.74) is 0.934. The summed E-state index contributed by atoms with van der Waals surface area (Å²) in [6, 6.07) is 11.0. The Balaban J connectivity index is 2.01. The molecular weight excluding hydrogens is 254 g/mol. The predicted molar refractivity (Wildman–Crippen MR) is 68.5 cm³/mol. The van der Waals surface area contributed by atoms with Crippen LogP contribution < -0.4 is 5.32 Å². The standard InChI is InChI=1S/C13H12ClNO3/c14-10-3-1-9(2-4-10)12-6-5-11(18-12)7-15-8-13(16)17/h1-6,15H,7-8H2,(H,16,17). The number of carbonyl (C=O) groups is 1. The molecule has 0 unspecified atom stereocenters. The van der Waals surface area contributed by atoms with Gasteiger partial charge >= 0.3 is 5.97 Å². The number of halogens is 1. The van der Waals surface area contributed by atoms with Gasteiger partial charge in [0.05, 0.1) is 13.1 Å². The van der Waals surface area contributed by atoms with E-state index < -0.39 is 5.97 Å². The molecule has 1 heterocycles. The third-order valence-electron chi connectivity index (χ3n) is 2.37. The third-order valence-corrected chi connectivity index (χ3v) is 2.62. The second kappa shape index (κ2) is 5.71. The molecule has 1 aromatic heterocycles. The Morgan fingerprint density at radius 3 is 2.61 bits per heavy atom. The van der Waals surface area contributed by atoms with Gasteiger partial charge in [0.1, 0.15) is 11.5 Å². The lowest BCUT2D eigenvalue weighted by Gasteiger charge is -1.99. The van der Waals surface area contributed by atoms with Crippen LogP contribution >= 0.6 is 11.6 Å². The van der Waals surface area contributed by atoms with E-state index >= 15 is 0 Å². The zero-order chi connectivity index (χ0) is 13.0. The van der Waals surface area contributed by atoms with E-state index in [4.69, 9.17) is 21.1 Å². The molecular formula is C13H12ClNO3. The number of nitrogens with one attached hydrogen (secondary N) is 1. The van der Waals surface area contributed by atoms with Gasteiger partial charge in [-0.25, -0.2) is 0 Å². The van der Waals surface area contributed by atoms with E-state index in [9.17, 15) is 4.79 Å². The van der Waals surface area contributed by atoms with E-state index in [1.165, 1.54) is 0 Å². The molecule has 0 aliphatic carbocycles. The normalized spacial score (nSPS) is 10.5. The van der Waals surface area contributed by atoms with Crippen LogP contribution in [-0.2, 0) is 11.3 Å². The van der Waals surface area contributed by atoms with Crippen LogP contribution in [0, 0.1) is 0 Å². The first-order chi connectivity index (χ1) is 8.65. The fraction of sp³-hybridized carbons (Fsp3) is 0.154. The van der Waals surface area contributed by atoms with Gasteiger partial charge < -0.3 is 9.52 Å². The molecule has 0 spiro atoms. The van der Waals surface area contributed by atoms with E-state index in [0.717, 1.165) is 11.3 Å². The quantitative estimate of drug-likeness (QED) is 0.873. The minimum Gasteiger partial charge on any atom is -0.480 e. The molecule has 2 N–H and O–H groups in total. The lowest BCUT2D eigenvalue weighted by Crippen LogP contribution is -2.21. The van der Waals surface area contributed by atoms with Gasteiger partial charge in [-0.05, 0) is 36.4 Å². The summed E-state index contributed by atoms with van der Waals surface area (Å²) < 4.78 is 5.59. The molecule has 0 fully saturated rings. The van der Waals surface area contributed by atoms with E-state index in [2.05, 4.69) is 5.32 Å². The number of hydrogen-bond donors (Lipinski definition) is 2. The number of carboxylic acids is 1. The summed E-state index contributed by atoms with van der Waals surface area (Å²) in [6.07, 6.45) is 0. The number of rotatable bonds is 5. The van der Waals surface area contributed by atoms with Crippen LogP contribution in [0.4, 0.5) is 0 Å². The molecule has 1 aromatic carbocycles. The van der Waals surface area contributed by atoms with Crippen molar-refractivity contribution in [3.05, 3.63) is 47.2 Å². The van der Waals surface area contributed by atoms with Crippen molar-refractivity contribution in [1.82, 2.24) is 5.32 Å².